The van der Waals surface area contributed by atoms with E-state index in [0.717, 1.165) is 0 Å². The van der Waals surface area contributed by atoms with E-state index in [1.165, 1.54) is 0 Å². The molecular formula is C22H25N5O4. The third-order valence-corrected chi connectivity index (χ3v) is 5.21. The van der Waals surface area contributed by atoms with E-state index in [4.69, 9.17) is 4.74 Å². The second-order valence-electron chi connectivity index (χ2n) is 7.29. The monoisotopic (exact) mass is 423 g/mol. The van der Waals surface area contributed by atoms with Crippen LogP contribution in [0.3, 0.4) is 0 Å². The summed E-state index contributed by atoms with van der Waals surface area (Å²) >= 11 is 0. The van der Waals surface area contributed by atoms with Gasteiger partial charge in [0, 0.05) is 51.0 Å². The molecule has 162 valence electrons. The van der Waals surface area contributed by atoms with Gasteiger partial charge in [0.15, 0.2) is 0 Å². The number of amides is 1. The van der Waals surface area contributed by atoms with Gasteiger partial charge in [0.25, 0.3) is 0 Å². The molecule has 9 nitrogen and oxygen atoms in total. The Labute approximate surface area is 180 Å². The number of nitrogens with zero attached hydrogens (tertiary/aromatic N) is 4. The molecule has 1 atom stereocenters. The van der Waals surface area contributed by atoms with Crippen molar-refractivity contribution in [3.8, 4) is 11.8 Å². The number of hydrogen-bond acceptors (Lipinski definition) is 7. The highest BCUT2D eigenvalue weighted by molar-refractivity contribution is 5.93. The second-order valence-corrected chi connectivity index (χ2v) is 7.29. The number of anilines is 2. The van der Waals surface area contributed by atoms with Crippen LogP contribution in [0.1, 0.15) is 12.0 Å². The van der Waals surface area contributed by atoms with E-state index in [0.29, 0.717) is 49.0 Å². The summed E-state index contributed by atoms with van der Waals surface area (Å²) in [6.07, 6.45) is 1.55. The molecule has 0 radical (unpaired) electrons. The Balaban J connectivity index is 1.53. The summed E-state index contributed by atoms with van der Waals surface area (Å²) < 4.78 is 5.08. The Morgan fingerprint density at radius 1 is 1.23 bits per heavy atom. The standard InChI is InChI=1S/C22H25N5O4/c1-31-19-6-4-18(5-7-19)25-20(28)13-17(22(29)30)15-26-9-11-27(12-10-26)21-16(14-23)3-2-8-24-21/h2-8,17H,9-13,15H2,1H3,(H,25,28)(H,29,30). The molecule has 2 heterocycles. The Morgan fingerprint density at radius 3 is 2.55 bits per heavy atom. The largest absolute Gasteiger partial charge is 0.497 e. The average Bonchev–Trinajstić information content (AvgIpc) is 2.79. The number of carbonyl (C=O) groups is 2. The molecule has 1 aliphatic rings. The second kappa shape index (κ2) is 10.4. The number of carboxylic acid groups (broad SMARTS) is 1. The number of aromatic nitrogens is 1. The third kappa shape index (κ3) is 5.93. The number of nitrogens with one attached hydrogen (secondary N) is 1. The first-order chi connectivity index (χ1) is 15.0. The minimum atomic E-state index is -0.996. The van der Waals surface area contributed by atoms with Crippen LogP contribution < -0.4 is 15.0 Å². The van der Waals surface area contributed by atoms with Crippen molar-refractivity contribution in [1.29, 1.82) is 5.26 Å². The molecule has 1 saturated heterocycles. The summed E-state index contributed by atoms with van der Waals surface area (Å²) in [6.45, 7) is 2.81. The number of ether oxygens (including phenoxy) is 1. The smallest absolute Gasteiger partial charge is 0.308 e. The van der Waals surface area contributed by atoms with Gasteiger partial charge in [0.2, 0.25) is 5.91 Å². The maximum Gasteiger partial charge on any atom is 0.308 e. The fourth-order valence-electron chi connectivity index (χ4n) is 3.53. The number of nitriles is 1. The molecule has 31 heavy (non-hydrogen) atoms. The fraction of sp³-hybridized carbons (Fsp3) is 0.364. The number of carboxylic acids is 1. The molecule has 1 aromatic heterocycles. The van der Waals surface area contributed by atoms with Crippen molar-refractivity contribution in [2.24, 2.45) is 5.92 Å². The summed E-state index contributed by atoms with van der Waals surface area (Å²) in [6, 6.07) is 12.5. The average molecular weight is 423 g/mol. The number of pyridine rings is 1. The highest BCUT2D eigenvalue weighted by atomic mass is 16.5. The van der Waals surface area contributed by atoms with Crippen LogP contribution in [0.4, 0.5) is 11.5 Å². The molecule has 0 aliphatic carbocycles. The summed E-state index contributed by atoms with van der Waals surface area (Å²) in [5.74, 6) is -0.826. The van der Waals surface area contributed by atoms with E-state index in [1.807, 2.05) is 9.80 Å². The Morgan fingerprint density at radius 2 is 1.94 bits per heavy atom. The number of aliphatic carboxylic acids is 1. The molecule has 1 unspecified atom stereocenters. The van der Waals surface area contributed by atoms with Gasteiger partial charge in [-0.3, -0.25) is 14.5 Å². The lowest BCUT2D eigenvalue weighted by molar-refractivity contribution is -0.144. The number of methoxy groups -OCH3 is 1. The van der Waals surface area contributed by atoms with Crippen molar-refractivity contribution >= 4 is 23.4 Å². The normalized spacial score (nSPS) is 15.0. The highest BCUT2D eigenvalue weighted by Gasteiger charge is 2.27. The number of piperazine rings is 1. The van der Waals surface area contributed by atoms with Crippen LogP contribution in [0.15, 0.2) is 42.6 Å². The van der Waals surface area contributed by atoms with E-state index < -0.39 is 11.9 Å². The van der Waals surface area contributed by atoms with Crippen LogP contribution >= 0.6 is 0 Å². The van der Waals surface area contributed by atoms with Crippen LogP contribution in [0.2, 0.25) is 0 Å². The summed E-state index contributed by atoms with van der Waals surface area (Å²) in [4.78, 5) is 32.5. The van der Waals surface area contributed by atoms with Crippen molar-refractivity contribution in [2.45, 2.75) is 6.42 Å². The first-order valence-corrected chi connectivity index (χ1v) is 9.99. The van der Waals surface area contributed by atoms with Gasteiger partial charge in [0.1, 0.15) is 17.6 Å². The molecule has 1 fully saturated rings. The van der Waals surface area contributed by atoms with E-state index in [2.05, 4.69) is 16.4 Å². The van der Waals surface area contributed by atoms with Gasteiger partial charge in [-0.05, 0) is 36.4 Å². The van der Waals surface area contributed by atoms with Crippen LogP contribution in [0, 0.1) is 17.2 Å². The van der Waals surface area contributed by atoms with Crippen LogP contribution in [-0.4, -0.2) is 66.7 Å². The van der Waals surface area contributed by atoms with Crippen LogP contribution in [0.25, 0.3) is 0 Å². The van der Waals surface area contributed by atoms with Crippen molar-refractivity contribution in [1.82, 2.24) is 9.88 Å². The quantitative estimate of drug-likeness (QED) is 0.660. The minimum Gasteiger partial charge on any atom is -0.497 e. The highest BCUT2D eigenvalue weighted by Crippen LogP contribution is 2.20. The van der Waals surface area contributed by atoms with Crippen molar-refractivity contribution < 1.29 is 19.4 Å². The van der Waals surface area contributed by atoms with Crippen LogP contribution in [-0.2, 0) is 9.59 Å². The maximum absolute atomic E-state index is 12.4. The number of rotatable bonds is 8. The molecule has 3 rings (SSSR count). The minimum absolute atomic E-state index is 0.111. The summed E-state index contributed by atoms with van der Waals surface area (Å²) in [7, 11) is 1.56. The van der Waals surface area contributed by atoms with Crippen LogP contribution in [0.5, 0.6) is 5.75 Å². The third-order valence-electron chi connectivity index (χ3n) is 5.21. The lowest BCUT2D eigenvalue weighted by atomic mass is 10.0. The molecule has 1 amide bonds. The van der Waals surface area contributed by atoms with Crippen molar-refractivity contribution in [3.63, 3.8) is 0 Å². The Hall–Kier alpha value is -3.64. The molecule has 0 bridgehead atoms. The summed E-state index contributed by atoms with van der Waals surface area (Å²) in [5, 5.41) is 21.6. The number of benzene rings is 1. The van der Waals surface area contributed by atoms with Gasteiger partial charge < -0.3 is 20.1 Å². The molecular weight excluding hydrogens is 398 g/mol. The fourth-order valence-corrected chi connectivity index (χ4v) is 3.53. The molecule has 1 aliphatic heterocycles. The lowest BCUT2D eigenvalue weighted by Crippen LogP contribution is -2.49. The first kappa shape index (κ1) is 22.1. The molecule has 2 aromatic rings. The van der Waals surface area contributed by atoms with Gasteiger partial charge in [-0.25, -0.2) is 4.98 Å². The topological polar surface area (TPSA) is 119 Å². The predicted molar refractivity (Wildman–Crippen MR) is 115 cm³/mol. The predicted octanol–water partition coefficient (Wildman–Crippen LogP) is 1.81. The van der Waals surface area contributed by atoms with Gasteiger partial charge in [-0.15, -0.1) is 0 Å². The number of hydrogen-bond donors (Lipinski definition) is 2. The zero-order valence-electron chi connectivity index (χ0n) is 17.3. The molecule has 2 N–H and O–H groups in total. The molecule has 1 aromatic carbocycles. The molecule has 0 saturated carbocycles. The zero-order valence-corrected chi connectivity index (χ0v) is 17.3. The van der Waals surface area contributed by atoms with Gasteiger partial charge in [-0.2, -0.15) is 5.26 Å². The number of carbonyl (C=O) groups excluding carboxylic acids is 1. The molecule has 9 heteroatoms. The van der Waals surface area contributed by atoms with E-state index in [1.54, 1.807) is 49.7 Å². The molecule has 0 spiro atoms. The van der Waals surface area contributed by atoms with Gasteiger partial charge in [0.05, 0.1) is 18.6 Å². The zero-order chi connectivity index (χ0) is 22.2. The van der Waals surface area contributed by atoms with Crippen molar-refractivity contribution in [3.05, 3.63) is 48.2 Å². The van der Waals surface area contributed by atoms with Crippen molar-refractivity contribution in [2.75, 3.05) is 50.1 Å². The summed E-state index contributed by atoms with van der Waals surface area (Å²) in [5.41, 5.74) is 1.11. The maximum atomic E-state index is 12.4. The van der Waals surface area contributed by atoms with Gasteiger partial charge >= 0.3 is 5.97 Å². The Bertz CT molecular complexity index is 949. The lowest BCUT2D eigenvalue weighted by Gasteiger charge is -2.36. The Kier molecular flexibility index (Phi) is 7.40. The van der Waals surface area contributed by atoms with E-state index in [9.17, 15) is 20.0 Å². The van der Waals surface area contributed by atoms with Gasteiger partial charge in [-0.1, -0.05) is 0 Å². The van der Waals surface area contributed by atoms with E-state index in [-0.39, 0.29) is 18.9 Å². The SMILES string of the molecule is COc1ccc(NC(=O)CC(CN2CCN(c3ncccc3C#N)CC2)C(=O)O)cc1. The van der Waals surface area contributed by atoms with E-state index >= 15 is 0 Å². The first-order valence-electron chi connectivity index (χ1n) is 9.99.